The third kappa shape index (κ3) is 9.46. The highest BCUT2D eigenvalue weighted by Gasteiger charge is 1.86. The Bertz CT molecular complexity index is 361. The summed E-state index contributed by atoms with van der Waals surface area (Å²) in [5.41, 5.74) is 0. The zero-order valence-electron chi connectivity index (χ0n) is 11.1. The van der Waals surface area contributed by atoms with Gasteiger partial charge in [-0.2, -0.15) is 0 Å². The molecular weight excluding hydrogens is 216 g/mol. The van der Waals surface area contributed by atoms with E-state index in [9.17, 15) is 0 Å². The minimum Gasteiger partial charge on any atom is -0.0891 e. The van der Waals surface area contributed by atoms with E-state index in [1.165, 1.54) is 12.8 Å². The highest BCUT2D eigenvalue weighted by molar-refractivity contribution is 5.26. The summed E-state index contributed by atoms with van der Waals surface area (Å²) >= 11 is 0. The van der Waals surface area contributed by atoms with Crippen LogP contribution < -0.4 is 0 Å². The van der Waals surface area contributed by atoms with Crippen molar-refractivity contribution in [2.24, 2.45) is 0 Å². The lowest BCUT2D eigenvalue weighted by molar-refractivity contribution is 0.708. The lowest BCUT2D eigenvalue weighted by Crippen LogP contribution is -1.76. The van der Waals surface area contributed by atoms with Gasteiger partial charge in [-0.05, 0) is 49.4 Å². The van der Waals surface area contributed by atoms with Crippen LogP contribution >= 0.6 is 0 Å². The summed E-state index contributed by atoms with van der Waals surface area (Å²) in [6, 6.07) is 0. The van der Waals surface area contributed by atoms with Gasteiger partial charge in [0.25, 0.3) is 0 Å². The first kappa shape index (κ1) is 14.3. The first-order valence-corrected chi connectivity index (χ1v) is 6.91. The Hall–Kier alpha value is -1.76. The molecule has 0 aromatic rings. The molecule has 0 atom stereocenters. The standard InChI is InChI=1S/C18H20/c1-2-4-6-8-10-12-14-16-18-17-15-13-11-9-7-5-3-1/h1-5,14-18H2. The van der Waals surface area contributed by atoms with Gasteiger partial charge in [0.1, 0.15) is 0 Å². The van der Waals surface area contributed by atoms with Crippen LogP contribution in [0, 0.1) is 47.4 Å². The molecule has 0 aromatic heterocycles. The van der Waals surface area contributed by atoms with Gasteiger partial charge in [-0.3, -0.25) is 0 Å². The second-order valence-electron chi connectivity index (χ2n) is 4.33. The predicted octanol–water partition coefficient (Wildman–Crippen LogP) is 3.91. The van der Waals surface area contributed by atoms with Crippen LogP contribution in [0.5, 0.6) is 0 Å². The summed E-state index contributed by atoms with van der Waals surface area (Å²) in [5, 5.41) is 0. The molecule has 0 nitrogen and oxygen atoms in total. The van der Waals surface area contributed by atoms with Crippen LogP contribution in [0.2, 0.25) is 0 Å². The van der Waals surface area contributed by atoms with E-state index in [0.29, 0.717) is 0 Å². The summed E-state index contributed by atoms with van der Waals surface area (Å²) in [5.74, 6) is 24.1. The normalized spacial score (nSPS) is 16.9. The molecule has 0 saturated heterocycles. The van der Waals surface area contributed by atoms with Crippen molar-refractivity contribution in [1.29, 1.82) is 0 Å². The minimum absolute atomic E-state index is 0.960. The van der Waals surface area contributed by atoms with Gasteiger partial charge in [-0.1, -0.05) is 36.5 Å². The van der Waals surface area contributed by atoms with Gasteiger partial charge in [-0.15, -0.1) is 0 Å². The maximum Gasteiger partial charge on any atom is 0.00989 e. The van der Waals surface area contributed by atoms with Crippen LogP contribution in [0.25, 0.3) is 0 Å². The highest BCUT2D eigenvalue weighted by Crippen LogP contribution is 2.02. The van der Waals surface area contributed by atoms with Crippen LogP contribution in [-0.4, -0.2) is 0 Å². The summed E-state index contributed by atoms with van der Waals surface area (Å²) in [7, 11) is 0. The van der Waals surface area contributed by atoms with Gasteiger partial charge in [0, 0.05) is 25.7 Å². The Morgan fingerprint density at radius 1 is 0.333 bits per heavy atom. The van der Waals surface area contributed by atoms with Gasteiger partial charge in [0.2, 0.25) is 0 Å². The van der Waals surface area contributed by atoms with Crippen molar-refractivity contribution in [3.63, 3.8) is 0 Å². The Balaban J connectivity index is 2.35. The van der Waals surface area contributed by atoms with Crippen molar-refractivity contribution in [1.82, 2.24) is 0 Å². The molecule has 0 heteroatoms. The molecule has 0 amide bonds. The van der Waals surface area contributed by atoms with E-state index in [1.807, 2.05) is 0 Å². The molecule has 0 N–H and O–H groups in total. The van der Waals surface area contributed by atoms with E-state index in [1.54, 1.807) is 0 Å². The molecule has 1 aliphatic rings. The zero-order valence-corrected chi connectivity index (χ0v) is 11.1. The van der Waals surface area contributed by atoms with Crippen molar-refractivity contribution in [2.45, 2.75) is 64.2 Å². The number of hydrogen-bond acceptors (Lipinski definition) is 0. The van der Waals surface area contributed by atoms with E-state index in [-0.39, 0.29) is 0 Å². The molecule has 18 heavy (non-hydrogen) atoms. The average Bonchev–Trinajstić information content (AvgIpc) is 2.39. The Morgan fingerprint density at radius 3 is 0.889 bits per heavy atom. The zero-order chi connectivity index (χ0) is 12.7. The van der Waals surface area contributed by atoms with Crippen LogP contribution in [0.4, 0.5) is 0 Å². The predicted molar refractivity (Wildman–Crippen MR) is 77.3 cm³/mol. The lowest BCUT2D eigenvalue weighted by Gasteiger charge is -1.92. The van der Waals surface area contributed by atoms with E-state index in [0.717, 1.165) is 51.4 Å². The molecular formula is C18H20. The van der Waals surface area contributed by atoms with E-state index < -0.39 is 0 Å². The SMILES string of the molecule is C1#CCCCCCC#CC#CCCCCCC#C1. The molecule has 0 spiro atoms. The van der Waals surface area contributed by atoms with Crippen molar-refractivity contribution in [3.05, 3.63) is 0 Å². The Kier molecular flexibility index (Phi) is 9.31. The van der Waals surface area contributed by atoms with Crippen LogP contribution in [-0.2, 0) is 0 Å². The molecule has 0 heterocycles. The lowest BCUT2D eigenvalue weighted by atomic mass is 10.1. The molecule has 0 aliphatic heterocycles. The Labute approximate surface area is 112 Å². The Morgan fingerprint density at radius 2 is 0.611 bits per heavy atom. The molecule has 0 unspecified atom stereocenters. The maximum absolute atomic E-state index is 3.11. The molecule has 0 saturated carbocycles. The van der Waals surface area contributed by atoms with Crippen molar-refractivity contribution >= 4 is 0 Å². The first-order valence-electron chi connectivity index (χ1n) is 6.91. The fraction of sp³-hybridized carbons (Fsp3) is 0.556. The van der Waals surface area contributed by atoms with Crippen LogP contribution in [0.15, 0.2) is 0 Å². The van der Waals surface area contributed by atoms with Gasteiger partial charge in [-0.25, -0.2) is 0 Å². The maximum atomic E-state index is 3.11. The minimum atomic E-state index is 0.960. The second-order valence-corrected chi connectivity index (χ2v) is 4.33. The third-order valence-corrected chi connectivity index (χ3v) is 2.69. The molecule has 0 bridgehead atoms. The van der Waals surface area contributed by atoms with E-state index in [2.05, 4.69) is 47.4 Å². The summed E-state index contributed by atoms with van der Waals surface area (Å²) in [6.45, 7) is 0. The summed E-state index contributed by atoms with van der Waals surface area (Å²) in [4.78, 5) is 0. The molecule has 92 valence electrons. The van der Waals surface area contributed by atoms with Gasteiger partial charge in [0.15, 0.2) is 0 Å². The second kappa shape index (κ2) is 11.7. The van der Waals surface area contributed by atoms with Crippen molar-refractivity contribution < 1.29 is 0 Å². The topological polar surface area (TPSA) is 0 Å². The van der Waals surface area contributed by atoms with Crippen molar-refractivity contribution in [3.8, 4) is 47.4 Å². The smallest absolute Gasteiger partial charge is 0.00989 e. The van der Waals surface area contributed by atoms with Gasteiger partial charge in [0.05, 0.1) is 0 Å². The van der Waals surface area contributed by atoms with Crippen LogP contribution in [0.3, 0.4) is 0 Å². The van der Waals surface area contributed by atoms with E-state index in [4.69, 9.17) is 0 Å². The van der Waals surface area contributed by atoms with Gasteiger partial charge < -0.3 is 0 Å². The van der Waals surface area contributed by atoms with Crippen molar-refractivity contribution in [2.75, 3.05) is 0 Å². The largest absolute Gasteiger partial charge is 0.0891 e. The number of rotatable bonds is 0. The average molecular weight is 236 g/mol. The molecule has 1 rings (SSSR count). The molecule has 0 radical (unpaired) electrons. The molecule has 0 aromatic carbocycles. The van der Waals surface area contributed by atoms with Gasteiger partial charge >= 0.3 is 0 Å². The fourth-order valence-corrected chi connectivity index (χ4v) is 1.63. The molecule has 0 fully saturated rings. The highest BCUT2D eigenvalue weighted by atomic mass is 13.9. The number of hydrogen-bond donors (Lipinski definition) is 0. The first-order chi connectivity index (χ1) is 9.00. The summed E-state index contributed by atoms with van der Waals surface area (Å²) in [6.07, 6.45) is 10.9. The van der Waals surface area contributed by atoms with Crippen LogP contribution in [0.1, 0.15) is 64.2 Å². The fourth-order valence-electron chi connectivity index (χ4n) is 1.63. The monoisotopic (exact) mass is 236 g/mol. The molecule has 1 aliphatic carbocycles. The summed E-state index contributed by atoms with van der Waals surface area (Å²) < 4.78 is 0. The third-order valence-electron chi connectivity index (χ3n) is 2.69. The quantitative estimate of drug-likeness (QED) is 0.559. The van der Waals surface area contributed by atoms with E-state index >= 15 is 0 Å².